The van der Waals surface area contributed by atoms with E-state index in [-0.39, 0.29) is 24.3 Å². The Morgan fingerprint density at radius 2 is 1.74 bits per heavy atom. The molecule has 2 amide bonds. The lowest BCUT2D eigenvalue weighted by Gasteiger charge is -2.13. The van der Waals surface area contributed by atoms with Gasteiger partial charge < -0.3 is 9.64 Å². The minimum absolute atomic E-state index is 0.199. The molecular formula is C20H19ClN2O3S. The van der Waals surface area contributed by atoms with E-state index in [1.807, 2.05) is 43.3 Å². The molecule has 0 bridgehead atoms. The Morgan fingerprint density at radius 1 is 1.07 bits per heavy atom. The molecule has 0 aliphatic carbocycles. The van der Waals surface area contributed by atoms with Crippen molar-refractivity contribution in [2.45, 2.75) is 0 Å². The van der Waals surface area contributed by atoms with Crippen LogP contribution in [0.3, 0.4) is 0 Å². The highest BCUT2D eigenvalue weighted by Gasteiger charge is 2.34. The molecule has 0 unspecified atom stereocenters. The summed E-state index contributed by atoms with van der Waals surface area (Å²) in [6, 6.07) is 14.7. The fourth-order valence-electron chi connectivity index (χ4n) is 2.50. The lowest BCUT2D eigenvalue weighted by Crippen LogP contribution is -2.32. The van der Waals surface area contributed by atoms with Crippen LogP contribution in [0.15, 0.2) is 53.4 Å². The number of carbonyl (C=O) groups excluding carboxylic acids is 2. The molecule has 0 saturated carbocycles. The molecule has 1 aliphatic rings. The molecule has 27 heavy (non-hydrogen) atoms. The first-order chi connectivity index (χ1) is 12.9. The summed E-state index contributed by atoms with van der Waals surface area (Å²) in [6.45, 7) is 0.425. The summed E-state index contributed by atoms with van der Waals surface area (Å²) < 4.78 is 5.57. The molecule has 0 spiro atoms. The van der Waals surface area contributed by atoms with Crippen LogP contribution in [0.25, 0.3) is 6.08 Å². The van der Waals surface area contributed by atoms with Crippen molar-refractivity contribution in [3.8, 4) is 5.75 Å². The van der Waals surface area contributed by atoms with Gasteiger partial charge in [0.25, 0.3) is 11.1 Å². The zero-order valence-corrected chi connectivity index (χ0v) is 16.6. The van der Waals surface area contributed by atoms with Gasteiger partial charge in [0.1, 0.15) is 12.4 Å². The first kappa shape index (κ1) is 19.3. The molecule has 1 fully saturated rings. The van der Waals surface area contributed by atoms with Gasteiger partial charge in [0.2, 0.25) is 0 Å². The highest BCUT2D eigenvalue weighted by molar-refractivity contribution is 8.18. The molecule has 5 nitrogen and oxygen atoms in total. The number of amides is 2. The molecule has 1 heterocycles. The van der Waals surface area contributed by atoms with Crippen LogP contribution in [0, 0.1) is 0 Å². The number of thioether (sulfide) groups is 1. The predicted octanol–water partition coefficient (Wildman–Crippen LogP) is 4.52. The van der Waals surface area contributed by atoms with E-state index in [0.29, 0.717) is 15.7 Å². The normalized spacial score (nSPS) is 15.5. The maximum atomic E-state index is 12.5. The van der Waals surface area contributed by atoms with Crippen LogP contribution in [0.4, 0.5) is 10.5 Å². The average Bonchev–Trinajstić information content (AvgIpc) is 2.91. The minimum Gasteiger partial charge on any atom is -0.492 e. The van der Waals surface area contributed by atoms with Crippen LogP contribution in [0.5, 0.6) is 5.75 Å². The van der Waals surface area contributed by atoms with Gasteiger partial charge in [-0.1, -0.05) is 23.7 Å². The SMILES string of the molecule is CN(C)c1ccc(C=C2SC(=O)N(CCOc3ccc(Cl)cc3)C2=O)cc1. The largest absolute Gasteiger partial charge is 0.492 e. The number of ether oxygens (including phenoxy) is 1. The van der Waals surface area contributed by atoms with Crippen LogP contribution in [0.2, 0.25) is 5.02 Å². The van der Waals surface area contributed by atoms with E-state index in [9.17, 15) is 9.59 Å². The summed E-state index contributed by atoms with van der Waals surface area (Å²) in [5.41, 5.74) is 1.95. The van der Waals surface area contributed by atoms with Crippen molar-refractivity contribution in [1.29, 1.82) is 0 Å². The third-order valence-corrected chi connectivity index (χ3v) is 5.14. The maximum absolute atomic E-state index is 12.5. The fraction of sp³-hybridized carbons (Fsp3) is 0.200. The second-order valence-corrected chi connectivity index (χ2v) is 7.55. The molecule has 0 aromatic heterocycles. The Morgan fingerprint density at radius 3 is 2.37 bits per heavy atom. The molecule has 140 valence electrons. The lowest BCUT2D eigenvalue weighted by molar-refractivity contribution is -0.123. The maximum Gasteiger partial charge on any atom is 0.293 e. The summed E-state index contributed by atoms with van der Waals surface area (Å²) in [7, 11) is 3.93. The number of anilines is 1. The minimum atomic E-state index is -0.290. The van der Waals surface area contributed by atoms with Gasteiger partial charge >= 0.3 is 0 Å². The number of rotatable bonds is 6. The van der Waals surface area contributed by atoms with Gasteiger partial charge in [-0.2, -0.15) is 0 Å². The smallest absolute Gasteiger partial charge is 0.293 e. The molecule has 0 radical (unpaired) electrons. The number of hydrogen-bond acceptors (Lipinski definition) is 5. The first-order valence-corrected chi connectivity index (χ1v) is 9.54. The molecule has 2 aromatic carbocycles. The predicted molar refractivity (Wildman–Crippen MR) is 110 cm³/mol. The molecule has 3 rings (SSSR count). The molecule has 0 atom stereocenters. The van der Waals surface area contributed by atoms with Gasteiger partial charge in [-0.25, -0.2) is 0 Å². The van der Waals surface area contributed by atoms with Gasteiger partial charge in [-0.3, -0.25) is 14.5 Å². The van der Waals surface area contributed by atoms with E-state index in [1.165, 1.54) is 4.90 Å². The second-order valence-electron chi connectivity index (χ2n) is 6.12. The van der Waals surface area contributed by atoms with Crippen molar-refractivity contribution >= 4 is 46.3 Å². The number of nitrogens with zero attached hydrogens (tertiary/aromatic N) is 2. The van der Waals surface area contributed by atoms with Crippen LogP contribution in [0.1, 0.15) is 5.56 Å². The lowest BCUT2D eigenvalue weighted by atomic mass is 10.2. The molecule has 1 aliphatic heterocycles. The van der Waals surface area contributed by atoms with Crippen LogP contribution in [-0.4, -0.2) is 43.3 Å². The Balaban J connectivity index is 1.61. The van der Waals surface area contributed by atoms with Crippen LogP contribution < -0.4 is 9.64 Å². The highest BCUT2D eigenvalue weighted by atomic mass is 35.5. The second kappa shape index (κ2) is 8.50. The molecule has 1 saturated heterocycles. The number of carbonyl (C=O) groups is 2. The van der Waals surface area contributed by atoms with Gasteiger partial charge in [-0.15, -0.1) is 0 Å². The number of benzene rings is 2. The summed E-state index contributed by atoms with van der Waals surface area (Å²) in [5, 5.41) is 0.341. The van der Waals surface area contributed by atoms with E-state index in [2.05, 4.69) is 0 Å². The summed E-state index contributed by atoms with van der Waals surface area (Å²) >= 11 is 6.78. The van der Waals surface area contributed by atoms with Gasteiger partial charge in [-0.05, 0) is 59.8 Å². The summed E-state index contributed by atoms with van der Waals surface area (Å²) in [5.74, 6) is 0.351. The van der Waals surface area contributed by atoms with E-state index in [4.69, 9.17) is 16.3 Å². The van der Waals surface area contributed by atoms with E-state index >= 15 is 0 Å². The zero-order chi connectivity index (χ0) is 19.4. The van der Waals surface area contributed by atoms with Crippen molar-refractivity contribution in [2.75, 3.05) is 32.1 Å². The topological polar surface area (TPSA) is 49.9 Å². The van der Waals surface area contributed by atoms with Crippen molar-refractivity contribution in [2.24, 2.45) is 0 Å². The quantitative estimate of drug-likeness (QED) is 0.665. The van der Waals surface area contributed by atoms with Crippen molar-refractivity contribution in [3.63, 3.8) is 0 Å². The third-order valence-electron chi connectivity index (χ3n) is 3.98. The van der Waals surface area contributed by atoms with E-state index in [0.717, 1.165) is 23.0 Å². The van der Waals surface area contributed by atoms with Gasteiger partial charge in [0.05, 0.1) is 11.4 Å². The number of hydrogen-bond donors (Lipinski definition) is 0. The van der Waals surface area contributed by atoms with E-state index in [1.54, 1.807) is 30.3 Å². The summed E-state index contributed by atoms with van der Waals surface area (Å²) in [6.07, 6.45) is 1.74. The molecule has 2 aromatic rings. The fourth-order valence-corrected chi connectivity index (χ4v) is 3.49. The molecule has 7 heteroatoms. The number of imide groups is 1. The highest BCUT2D eigenvalue weighted by Crippen LogP contribution is 2.32. The summed E-state index contributed by atoms with van der Waals surface area (Å²) in [4.78, 5) is 28.3. The van der Waals surface area contributed by atoms with Gasteiger partial charge in [0.15, 0.2) is 0 Å². The monoisotopic (exact) mass is 402 g/mol. The van der Waals surface area contributed by atoms with E-state index < -0.39 is 0 Å². The Hall–Kier alpha value is -2.44. The zero-order valence-electron chi connectivity index (χ0n) is 15.0. The average molecular weight is 403 g/mol. The van der Waals surface area contributed by atoms with Crippen LogP contribution in [-0.2, 0) is 4.79 Å². The Bertz CT molecular complexity index is 864. The van der Waals surface area contributed by atoms with Gasteiger partial charge in [0, 0.05) is 24.8 Å². The number of halogens is 1. The Labute approximate surface area is 167 Å². The van der Waals surface area contributed by atoms with Crippen molar-refractivity contribution < 1.29 is 14.3 Å². The molecular weight excluding hydrogens is 384 g/mol. The Kier molecular flexibility index (Phi) is 6.08. The van der Waals surface area contributed by atoms with Crippen molar-refractivity contribution in [3.05, 3.63) is 64.0 Å². The standard InChI is InChI=1S/C20H19ClN2O3S/c1-22(2)16-7-3-14(4-8-16)13-18-19(24)23(20(25)27-18)11-12-26-17-9-5-15(21)6-10-17/h3-10,13H,11-12H2,1-2H3. The molecule has 0 N–H and O–H groups in total. The van der Waals surface area contributed by atoms with Crippen molar-refractivity contribution in [1.82, 2.24) is 4.90 Å². The third kappa shape index (κ3) is 4.84. The van der Waals surface area contributed by atoms with Crippen LogP contribution >= 0.6 is 23.4 Å². The first-order valence-electron chi connectivity index (χ1n) is 8.35.